The number of esters is 3. The molecule has 6 nitrogen and oxygen atoms in total. The fourth-order valence-electron chi connectivity index (χ4n) is 6.70. The first kappa shape index (κ1) is 54.4. The van der Waals surface area contributed by atoms with Crippen LogP contribution in [-0.4, -0.2) is 37.2 Å². The van der Waals surface area contributed by atoms with Gasteiger partial charge in [0.2, 0.25) is 0 Å². The van der Waals surface area contributed by atoms with Crippen molar-refractivity contribution in [2.45, 2.75) is 245 Å². The van der Waals surface area contributed by atoms with Crippen LogP contribution in [0.25, 0.3) is 0 Å². The minimum atomic E-state index is -0.784. The monoisotopic (exact) mass is 799 g/mol. The minimum absolute atomic E-state index is 0.0867. The second-order valence-corrected chi connectivity index (χ2v) is 16.0. The van der Waals surface area contributed by atoms with Crippen LogP contribution < -0.4 is 0 Å². The summed E-state index contributed by atoms with van der Waals surface area (Å²) >= 11 is 0. The summed E-state index contributed by atoms with van der Waals surface area (Å²) in [5.74, 6) is -0.931. The lowest BCUT2D eigenvalue weighted by Gasteiger charge is -2.18. The highest BCUT2D eigenvalue weighted by molar-refractivity contribution is 5.71. The fraction of sp³-hybridized carbons (Fsp3) is 0.784. The van der Waals surface area contributed by atoms with Crippen molar-refractivity contribution >= 4 is 17.9 Å². The van der Waals surface area contributed by atoms with Crippen molar-refractivity contribution in [2.24, 2.45) is 0 Å². The molecule has 0 amide bonds. The molecule has 0 radical (unpaired) electrons. The highest BCUT2D eigenvalue weighted by Gasteiger charge is 2.19. The Labute approximate surface area is 352 Å². The van der Waals surface area contributed by atoms with E-state index in [0.29, 0.717) is 19.3 Å². The van der Waals surface area contributed by atoms with Crippen LogP contribution in [0.1, 0.15) is 239 Å². The summed E-state index contributed by atoms with van der Waals surface area (Å²) < 4.78 is 16.7. The SMILES string of the molecule is CC/C=C\C/C=C\C/C=C\CCCCCCCCC(=O)OCC(COC(=O)CCC/C=C\CCCCCC)OC(=O)CCCCCCCCCCCCCCCC. The van der Waals surface area contributed by atoms with Crippen molar-refractivity contribution < 1.29 is 28.6 Å². The van der Waals surface area contributed by atoms with E-state index in [4.69, 9.17) is 14.2 Å². The molecule has 57 heavy (non-hydrogen) atoms. The molecule has 0 aromatic heterocycles. The normalized spacial score (nSPS) is 12.4. The summed E-state index contributed by atoms with van der Waals surface area (Å²) in [6.07, 6.45) is 53.9. The third-order valence-corrected chi connectivity index (χ3v) is 10.3. The van der Waals surface area contributed by atoms with Crippen LogP contribution in [-0.2, 0) is 28.6 Å². The molecule has 1 atom stereocenters. The van der Waals surface area contributed by atoms with E-state index in [9.17, 15) is 14.4 Å². The van der Waals surface area contributed by atoms with Crippen LogP contribution in [0.3, 0.4) is 0 Å². The Hall–Kier alpha value is -2.63. The Bertz CT molecular complexity index is 1010. The van der Waals surface area contributed by atoms with Crippen LogP contribution in [0.2, 0.25) is 0 Å². The molecule has 0 heterocycles. The predicted molar refractivity (Wildman–Crippen MR) is 242 cm³/mol. The van der Waals surface area contributed by atoms with Crippen LogP contribution in [0, 0.1) is 0 Å². The summed E-state index contributed by atoms with van der Waals surface area (Å²) in [5, 5.41) is 0. The Kier molecular flexibility index (Phi) is 43.9. The zero-order valence-corrected chi connectivity index (χ0v) is 37.6. The molecule has 0 fully saturated rings. The molecule has 6 heteroatoms. The maximum absolute atomic E-state index is 12.7. The van der Waals surface area contributed by atoms with Gasteiger partial charge in [-0.1, -0.05) is 198 Å². The smallest absolute Gasteiger partial charge is 0.306 e. The van der Waals surface area contributed by atoms with Crippen LogP contribution in [0.15, 0.2) is 48.6 Å². The van der Waals surface area contributed by atoms with E-state index in [0.717, 1.165) is 83.5 Å². The van der Waals surface area contributed by atoms with Crippen LogP contribution >= 0.6 is 0 Å². The van der Waals surface area contributed by atoms with E-state index in [2.05, 4.69) is 69.4 Å². The van der Waals surface area contributed by atoms with E-state index in [-0.39, 0.29) is 31.1 Å². The first-order chi connectivity index (χ1) is 28.0. The Morgan fingerprint density at radius 1 is 0.368 bits per heavy atom. The summed E-state index contributed by atoms with van der Waals surface area (Å²) in [5.41, 5.74) is 0. The molecule has 0 spiro atoms. The predicted octanol–water partition coefficient (Wildman–Crippen LogP) is 15.5. The minimum Gasteiger partial charge on any atom is -0.462 e. The lowest BCUT2D eigenvalue weighted by atomic mass is 10.0. The second-order valence-electron chi connectivity index (χ2n) is 16.0. The molecule has 330 valence electrons. The molecule has 0 aliphatic heterocycles. The van der Waals surface area contributed by atoms with Crippen molar-refractivity contribution in [1.82, 2.24) is 0 Å². The van der Waals surface area contributed by atoms with Gasteiger partial charge in [-0.05, 0) is 70.6 Å². The molecule has 0 saturated heterocycles. The van der Waals surface area contributed by atoms with Gasteiger partial charge in [-0.15, -0.1) is 0 Å². The molecule has 0 saturated carbocycles. The van der Waals surface area contributed by atoms with Gasteiger partial charge in [0.15, 0.2) is 6.10 Å². The average molecular weight is 799 g/mol. The van der Waals surface area contributed by atoms with Crippen molar-refractivity contribution in [3.8, 4) is 0 Å². The molecule has 0 aliphatic carbocycles. The highest BCUT2D eigenvalue weighted by atomic mass is 16.6. The highest BCUT2D eigenvalue weighted by Crippen LogP contribution is 2.15. The number of carbonyl (C=O) groups is 3. The quantitative estimate of drug-likeness (QED) is 0.0265. The zero-order valence-electron chi connectivity index (χ0n) is 37.6. The summed E-state index contributed by atoms with van der Waals surface area (Å²) in [4.78, 5) is 37.8. The molecular weight excluding hydrogens is 709 g/mol. The number of unbranched alkanes of at least 4 members (excludes halogenated alkanes) is 24. The zero-order chi connectivity index (χ0) is 41.5. The third-order valence-electron chi connectivity index (χ3n) is 10.3. The molecule has 0 rings (SSSR count). The van der Waals surface area contributed by atoms with Gasteiger partial charge in [-0.25, -0.2) is 0 Å². The van der Waals surface area contributed by atoms with Gasteiger partial charge in [-0.2, -0.15) is 0 Å². The van der Waals surface area contributed by atoms with E-state index < -0.39 is 6.10 Å². The second kappa shape index (κ2) is 46.1. The molecule has 0 aromatic rings. The lowest BCUT2D eigenvalue weighted by Crippen LogP contribution is -2.30. The molecule has 0 bridgehead atoms. The van der Waals surface area contributed by atoms with E-state index in [1.54, 1.807) is 0 Å². The number of rotatable bonds is 43. The molecule has 0 aromatic carbocycles. The Balaban J connectivity index is 4.36. The third kappa shape index (κ3) is 44.3. The van der Waals surface area contributed by atoms with E-state index >= 15 is 0 Å². The van der Waals surface area contributed by atoms with Crippen molar-refractivity contribution in [3.05, 3.63) is 48.6 Å². The molecular formula is C51H90O6. The van der Waals surface area contributed by atoms with Gasteiger partial charge < -0.3 is 14.2 Å². The number of hydrogen-bond acceptors (Lipinski definition) is 6. The van der Waals surface area contributed by atoms with Crippen molar-refractivity contribution in [3.63, 3.8) is 0 Å². The first-order valence-corrected chi connectivity index (χ1v) is 24.1. The largest absolute Gasteiger partial charge is 0.462 e. The maximum Gasteiger partial charge on any atom is 0.306 e. The molecule has 0 N–H and O–H groups in total. The summed E-state index contributed by atoms with van der Waals surface area (Å²) in [6.45, 7) is 6.46. The van der Waals surface area contributed by atoms with Gasteiger partial charge in [0.1, 0.15) is 13.2 Å². The fourth-order valence-corrected chi connectivity index (χ4v) is 6.70. The number of hydrogen-bond donors (Lipinski definition) is 0. The van der Waals surface area contributed by atoms with Gasteiger partial charge in [0.25, 0.3) is 0 Å². The Morgan fingerprint density at radius 3 is 1.18 bits per heavy atom. The summed E-state index contributed by atoms with van der Waals surface area (Å²) in [6, 6.07) is 0. The van der Waals surface area contributed by atoms with Crippen LogP contribution in [0.5, 0.6) is 0 Å². The standard InChI is InChI=1S/C51H90O6/c1-4-7-10-13-16-19-21-23-25-26-28-29-32-35-38-41-44-50(53)56-47-48(46-55-49(52)43-40-37-34-31-18-15-12-9-6-3)57-51(54)45-42-39-36-33-30-27-24-22-20-17-14-11-8-5-2/h7,10,16,19,23,25,31,34,48H,4-6,8-9,11-15,17-18,20-22,24,26-30,32-33,35-47H2,1-3H3/b10-7-,19-16-,25-23-,34-31-. The van der Waals surface area contributed by atoms with Crippen LogP contribution in [0.4, 0.5) is 0 Å². The average Bonchev–Trinajstić information content (AvgIpc) is 3.21. The summed E-state index contributed by atoms with van der Waals surface area (Å²) in [7, 11) is 0. The molecule has 1 unspecified atom stereocenters. The van der Waals surface area contributed by atoms with Gasteiger partial charge in [-0.3, -0.25) is 14.4 Å². The first-order valence-electron chi connectivity index (χ1n) is 24.1. The number of carbonyl (C=O) groups excluding carboxylic acids is 3. The van der Waals surface area contributed by atoms with E-state index in [1.165, 1.54) is 116 Å². The number of allylic oxidation sites excluding steroid dienone is 8. The Morgan fingerprint density at radius 2 is 0.702 bits per heavy atom. The van der Waals surface area contributed by atoms with Gasteiger partial charge in [0, 0.05) is 19.3 Å². The van der Waals surface area contributed by atoms with Gasteiger partial charge in [0.05, 0.1) is 0 Å². The van der Waals surface area contributed by atoms with Gasteiger partial charge >= 0.3 is 17.9 Å². The lowest BCUT2D eigenvalue weighted by molar-refractivity contribution is -0.167. The van der Waals surface area contributed by atoms with Crippen molar-refractivity contribution in [2.75, 3.05) is 13.2 Å². The molecule has 0 aliphatic rings. The van der Waals surface area contributed by atoms with E-state index in [1.807, 2.05) is 0 Å². The van der Waals surface area contributed by atoms with Crippen molar-refractivity contribution in [1.29, 1.82) is 0 Å². The maximum atomic E-state index is 12.7. The topological polar surface area (TPSA) is 78.9 Å². The number of ether oxygens (including phenoxy) is 3.